The number of amides is 1. The van der Waals surface area contributed by atoms with Crippen LogP contribution >= 0.6 is 0 Å². The number of carbonyl (C=O) groups is 1. The Morgan fingerprint density at radius 3 is 2.65 bits per heavy atom. The summed E-state index contributed by atoms with van der Waals surface area (Å²) in [6.45, 7) is 7.59. The fourth-order valence-electron chi connectivity index (χ4n) is 2.90. The number of aryl methyl sites for hydroxylation is 3. The monoisotopic (exact) mass is 351 g/mol. The maximum atomic E-state index is 12.5. The summed E-state index contributed by atoms with van der Waals surface area (Å²) >= 11 is 0. The molecule has 134 valence electrons. The fraction of sp³-hybridized carbons (Fsp3) is 0.263. The number of H-pyrrole nitrogens is 1. The van der Waals surface area contributed by atoms with E-state index in [-0.39, 0.29) is 23.7 Å². The van der Waals surface area contributed by atoms with E-state index in [1.165, 1.54) is 0 Å². The van der Waals surface area contributed by atoms with Crippen molar-refractivity contribution in [2.45, 2.75) is 34.2 Å². The molecule has 1 amide bonds. The standard InChI is InChI=1S/C19H21N5O2/c1-11-6-5-7-15(8-11)24-14(4)17(22-23-24)19(26)20-10-16-12(2)9-13(3)21-18(16)25/h5-9H,10H2,1-4H3,(H,20,26)(H,21,25). The minimum atomic E-state index is -0.360. The quantitative estimate of drug-likeness (QED) is 0.753. The van der Waals surface area contributed by atoms with Crippen molar-refractivity contribution in [3.8, 4) is 5.69 Å². The first-order chi connectivity index (χ1) is 12.4. The number of benzene rings is 1. The van der Waals surface area contributed by atoms with E-state index >= 15 is 0 Å². The summed E-state index contributed by atoms with van der Waals surface area (Å²) in [7, 11) is 0. The number of nitrogens with one attached hydrogen (secondary N) is 2. The molecule has 0 aliphatic heterocycles. The van der Waals surface area contributed by atoms with E-state index in [9.17, 15) is 9.59 Å². The SMILES string of the molecule is Cc1cccc(-n2nnc(C(=O)NCc3c(C)cc(C)[nH]c3=O)c2C)c1. The van der Waals surface area contributed by atoms with Gasteiger partial charge in [-0.15, -0.1) is 5.10 Å². The molecule has 2 N–H and O–H groups in total. The first kappa shape index (κ1) is 17.6. The molecule has 7 nitrogen and oxygen atoms in total. The first-order valence-corrected chi connectivity index (χ1v) is 8.33. The summed E-state index contributed by atoms with van der Waals surface area (Å²) in [4.78, 5) is 27.3. The van der Waals surface area contributed by atoms with Crippen molar-refractivity contribution in [2.24, 2.45) is 0 Å². The van der Waals surface area contributed by atoms with Gasteiger partial charge < -0.3 is 10.3 Å². The predicted molar refractivity (Wildman–Crippen MR) is 98.5 cm³/mol. The van der Waals surface area contributed by atoms with Gasteiger partial charge in [0, 0.05) is 17.8 Å². The van der Waals surface area contributed by atoms with Crippen LogP contribution in [0.2, 0.25) is 0 Å². The smallest absolute Gasteiger partial charge is 0.274 e. The molecule has 2 aromatic heterocycles. The van der Waals surface area contributed by atoms with E-state index in [4.69, 9.17) is 0 Å². The van der Waals surface area contributed by atoms with E-state index in [1.807, 2.05) is 51.1 Å². The summed E-state index contributed by atoms with van der Waals surface area (Å²) in [5.74, 6) is -0.360. The Bertz CT molecular complexity index is 1030. The maximum Gasteiger partial charge on any atom is 0.274 e. The lowest BCUT2D eigenvalue weighted by atomic mass is 10.1. The van der Waals surface area contributed by atoms with Gasteiger partial charge in [-0.05, 0) is 57.0 Å². The van der Waals surface area contributed by atoms with Crippen LogP contribution in [-0.2, 0) is 6.54 Å². The largest absolute Gasteiger partial charge is 0.346 e. The van der Waals surface area contributed by atoms with Crippen molar-refractivity contribution in [1.82, 2.24) is 25.3 Å². The normalized spacial score (nSPS) is 10.8. The van der Waals surface area contributed by atoms with Crippen molar-refractivity contribution < 1.29 is 4.79 Å². The summed E-state index contributed by atoms with van der Waals surface area (Å²) in [6.07, 6.45) is 0. The Morgan fingerprint density at radius 2 is 1.96 bits per heavy atom. The molecule has 3 rings (SSSR count). The Labute approximate surface area is 151 Å². The zero-order valence-electron chi connectivity index (χ0n) is 15.3. The van der Waals surface area contributed by atoms with Gasteiger partial charge in [-0.25, -0.2) is 4.68 Å². The Hall–Kier alpha value is -3.22. The second-order valence-corrected chi connectivity index (χ2v) is 6.40. The average Bonchev–Trinajstić information content (AvgIpc) is 2.95. The lowest BCUT2D eigenvalue weighted by Crippen LogP contribution is -2.28. The van der Waals surface area contributed by atoms with Crippen molar-refractivity contribution in [3.05, 3.63) is 74.5 Å². The molecular weight excluding hydrogens is 330 g/mol. The molecule has 0 aliphatic carbocycles. The molecule has 0 radical (unpaired) electrons. The molecule has 0 spiro atoms. The molecule has 1 aromatic carbocycles. The number of pyridine rings is 1. The van der Waals surface area contributed by atoms with Crippen molar-refractivity contribution >= 4 is 5.91 Å². The third kappa shape index (κ3) is 3.42. The molecule has 26 heavy (non-hydrogen) atoms. The third-order valence-electron chi connectivity index (χ3n) is 4.28. The highest BCUT2D eigenvalue weighted by Crippen LogP contribution is 2.14. The molecule has 0 saturated carbocycles. The lowest BCUT2D eigenvalue weighted by molar-refractivity contribution is 0.0945. The van der Waals surface area contributed by atoms with Crippen LogP contribution in [0, 0.1) is 27.7 Å². The number of aromatic amines is 1. The third-order valence-corrected chi connectivity index (χ3v) is 4.28. The lowest BCUT2D eigenvalue weighted by Gasteiger charge is -2.08. The molecule has 0 unspecified atom stereocenters. The Kier molecular flexibility index (Phi) is 4.71. The zero-order chi connectivity index (χ0) is 18.8. The van der Waals surface area contributed by atoms with E-state index in [1.54, 1.807) is 11.6 Å². The topological polar surface area (TPSA) is 92.7 Å². The van der Waals surface area contributed by atoms with Gasteiger partial charge >= 0.3 is 0 Å². The van der Waals surface area contributed by atoms with Gasteiger partial charge in [-0.2, -0.15) is 0 Å². The Morgan fingerprint density at radius 1 is 1.19 bits per heavy atom. The number of aromatic nitrogens is 4. The van der Waals surface area contributed by atoms with Crippen LogP contribution < -0.4 is 10.9 Å². The maximum absolute atomic E-state index is 12.5. The second kappa shape index (κ2) is 6.95. The van der Waals surface area contributed by atoms with Crippen LogP contribution in [0.25, 0.3) is 5.69 Å². The summed E-state index contributed by atoms with van der Waals surface area (Å²) in [5.41, 5.74) is 4.80. The van der Waals surface area contributed by atoms with Crippen LogP contribution in [0.3, 0.4) is 0 Å². The molecule has 0 fully saturated rings. The number of hydrogen-bond donors (Lipinski definition) is 2. The van der Waals surface area contributed by atoms with Crippen molar-refractivity contribution in [2.75, 3.05) is 0 Å². The molecule has 0 bridgehead atoms. The van der Waals surface area contributed by atoms with Gasteiger partial charge in [-0.3, -0.25) is 9.59 Å². The highest BCUT2D eigenvalue weighted by atomic mass is 16.2. The van der Waals surface area contributed by atoms with Crippen LogP contribution in [0.5, 0.6) is 0 Å². The van der Waals surface area contributed by atoms with Gasteiger partial charge in [0.1, 0.15) is 0 Å². The van der Waals surface area contributed by atoms with E-state index in [0.717, 1.165) is 22.5 Å². The number of rotatable bonds is 4. The van der Waals surface area contributed by atoms with E-state index in [0.29, 0.717) is 11.3 Å². The fourth-order valence-corrected chi connectivity index (χ4v) is 2.90. The van der Waals surface area contributed by atoms with Gasteiger partial charge in [0.25, 0.3) is 11.5 Å². The summed E-state index contributed by atoms with van der Waals surface area (Å²) in [6, 6.07) is 9.68. The van der Waals surface area contributed by atoms with Crippen LogP contribution in [-0.4, -0.2) is 25.9 Å². The molecular formula is C19H21N5O2. The first-order valence-electron chi connectivity index (χ1n) is 8.33. The van der Waals surface area contributed by atoms with Crippen molar-refractivity contribution in [3.63, 3.8) is 0 Å². The predicted octanol–water partition coefficient (Wildman–Crippen LogP) is 2.12. The minimum absolute atomic E-state index is 0.136. The average molecular weight is 351 g/mol. The highest BCUT2D eigenvalue weighted by Gasteiger charge is 2.18. The van der Waals surface area contributed by atoms with Gasteiger partial charge in [-0.1, -0.05) is 17.3 Å². The molecule has 2 heterocycles. The van der Waals surface area contributed by atoms with Crippen LogP contribution in [0.4, 0.5) is 0 Å². The zero-order valence-corrected chi connectivity index (χ0v) is 15.3. The molecule has 0 saturated heterocycles. The van der Waals surface area contributed by atoms with Crippen LogP contribution in [0.15, 0.2) is 35.1 Å². The second-order valence-electron chi connectivity index (χ2n) is 6.40. The number of nitrogens with zero attached hydrogens (tertiary/aromatic N) is 3. The van der Waals surface area contributed by atoms with Gasteiger partial charge in [0.15, 0.2) is 5.69 Å². The molecule has 0 aliphatic rings. The summed E-state index contributed by atoms with van der Waals surface area (Å²) in [5, 5.41) is 10.9. The van der Waals surface area contributed by atoms with E-state index < -0.39 is 0 Å². The van der Waals surface area contributed by atoms with Gasteiger partial charge in [0.2, 0.25) is 0 Å². The molecule has 3 aromatic rings. The van der Waals surface area contributed by atoms with E-state index in [2.05, 4.69) is 20.6 Å². The number of hydrogen-bond acceptors (Lipinski definition) is 4. The minimum Gasteiger partial charge on any atom is -0.346 e. The molecule has 0 atom stereocenters. The highest BCUT2D eigenvalue weighted by molar-refractivity contribution is 5.93. The van der Waals surface area contributed by atoms with Crippen molar-refractivity contribution in [1.29, 1.82) is 0 Å². The summed E-state index contributed by atoms with van der Waals surface area (Å²) < 4.78 is 1.63. The van der Waals surface area contributed by atoms with Gasteiger partial charge in [0.05, 0.1) is 11.4 Å². The molecule has 7 heteroatoms. The number of carbonyl (C=O) groups excluding carboxylic acids is 1. The van der Waals surface area contributed by atoms with Crippen LogP contribution in [0.1, 0.15) is 38.6 Å². The Balaban J connectivity index is 1.81.